The standard InChI is InChI=1S/C19H22N2O3S/c1-24-17-9-5-14(6-10-17)11-20-18(22)12-21-19(23)16-7-3-15(4-8-16)13-25-2/h3-10H,11-13H2,1-2H3,(H,20,22)(H,21,23). The Morgan fingerprint density at radius 1 is 0.960 bits per heavy atom. The highest BCUT2D eigenvalue weighted by atomic mass is 32.2. The van der Waals surface area contributed by atoms with E-state index in [9.17, 15) is 9.59 Å². The lowest BCUT2D eigenvalue weighted by molar-refractivity contribution is -0.120. The van der Waals surface area contributed by atoms with Gasteiger partial charge in [0.15, 0.2) is 0 Å². The molecular formula is C19H22N2O3S. The predicted molar refractivity (Wildman–Crippen MR) is 101 cm³/mol. The van der Waals surface area contributed by atoms with E-state index in [-0.39, 0.29) is 18.4 Å². The van der Waals surface area contributed by atoms with Crippen molar-refractivity contribution in [3.8, 4) is 5.75 Å². The monoisotopic (exact) mass is 358 g/mol. The molecular weight excluding hydrogens is 336 g/mol. The van der Waals surface area contributed by atoms with Gasteiger partial charge >= 0.3 is 0 Å². The maximum absolute atomic E-state index is 12.1. The third kappa shape index (κ3) is 6.15. The molecule has 5 nitrogen and oxygen atoms in total. The van der Waals surface area contributed by atoms with E-state index in [1.54, 1.807) is 31.0 Å². The van der Waals surface area contributed by atoms with Crippen molar-refractivity contribution >= 4 is 23.6 Å². The van der Waals surface area contributed by atoms with Crippen LogP contribution in [0.15, 0.2) is 48.5 Å². The number of nitrogens with one attached hydrogen (secondary N) is 2. The average molecular weight is 358 g/mol. The van der Waals surface area contributed by atoms with Crippen LogP contribution in [-0.4, -0.2) is 31.7 Å². The normalized spacial score (nSPS) is 10.2. The van der Waals surface area contributed by atoms with Gasteiger partial charge in [0.2, 0.25) is 5.91 Å². The molecule has 6 heteroatoms. The summed E-state index contributed by atoms with van der Waals surface area (Å²) < 4.78 is 5.09. The van der Waals surface area contributed by atoms with Crippen molar-refractivity contribution in [1.29, 1.82) is 0 Å². The first-order chi connectivity index (χ1) is 12.1. The van der Waals surface area contributed by atoms with Gasteiger partial charge in [0.25, 0.3) is 5.91 Å². The zero-order chi connectivity index (χ0) is 18.1. The van der Waals surface area contributed by atoms with Crippen molar-refractivity contribution in [2.45, 2.75) is 12.3 Å². The highest BCUT2D eigenvalue weighted by Gasteiger charge is 2.08. The second-order valence-corrected chi connectivity index (χ2v) is 6.30. The zero-order valence-electron chi connectivity index (χ0n) is 14.4. The van der Waals surface area contributed by atoms with Crippen molar-refractivity contribution in [3.05, 3.63) is 65.2 Å². The number of amides is 2. The van der Waals surface area contributed by atoms with Gasteiger partial charge in [0, 0.05) is 17.9 Å². The van der Waals surface area contributed by atoms with E-state index in [0.29, 0.717) is 12.1 Å². The van der Waals surface area contributed by atoms with Crippen molar-refractivity contribution in [2.75, 3.05) is 19.9 Å². The minimum absolute atomic E-state index is 0.0540. The fraction of sp³-hybridized carbons (Fsp3) is 0.263. The van der Waals surface area contributed by atoms with Crippen LogP contribution in [0.4, 0.5) is 0 Å². The molecule has 2 aromatic rings. The van der Waals surface area contributed by atoms with Crippen LogP contribution in [0.3, 0.4) is 0 Å². The molecule has 0 atom stereocenters. The van der Waals surface area contributed by atoms with Crippen LogP contribution in [0.25, 0.3) is 0 Å². The number of benzene rings is 2. The highest BCUT2D eigenvalue weighted by Crippen LogP contribution is 2.11. The lowest BCUT2D eigenvalue weighted by Gasteiger charge is -2.08. The summed E-state index contributed by atoms with van der Waals surface area (Å²) >= 11 is 1.73. The van der Waals surface area contributed by atoms with Crippen molar-refractivity contribution in [3.63, 3.8) is 0 Å². The van der Waals surface area contributed by atoms with Crippen molar-refractivity contribution in [2.24, 2.45) is 0 Å². The maximum Gasteiger partial charge on any atom is 0.251 e. The third-order valence-corrected chi connectivity index (χ3v) is 4.21. The van der Waals surface area contributed by atoms with E-state index in [1.807, 2.05) is 42.7 Å². The molecule has 132 valence electrons. The summed E-state index contributed by atoms with van der Waals surface area (Å²) in [5.41, 5.74) is 2.68. The maximum atomic E-state index is 12.1. The number of hydrogen-bond acceptors (Lipinski definition) is 4. The van der Waals surface area contributed by atoms with E-state index in [2.05, 4.69) is 10.6 Å². The summed E-state index contributed by atoms with van der Waals surface area (Å²) in [6.45, 7) is 0.351. The first-order valence-electron chi connectivity index (χ1n) is 7.88. The van der Waals surface area contributed by atoms with Gasteiger partial charge in [-0.15, -0.1) is 0 Å². The first kappa shape index (κ1) is 18.9. The second kappa shape index (κ2) is 9.74. The Morgan fingerprint density at radius 2 is 1.60 bits per heavy atom. The van der Waals surface area contributed by atoms with Gasteiger partial charge in [0.05, 0.1) is 13.7 Å². The molecule has 0 unspecified atom stereocenters. The van der Waals surface area contributed by atoms with E-state index < -0.39 is 0 Å². The Kier molecular flexibility index (Phi) is 7.35. The molecule has 2 N–H and O–H groups in total. The third-order valence-electron chi connectivity index (χ3n) is 3.59. The first-order valence-corrected chi connectivity index (χ1v) is 9.27. The van der Waals surface area contributed by atoms with Gasteiger partial charge in [0.1, 0.15) is 5.75 Å². The Hall–Kier alpha value is -2.47. The number of rotatable bonds is 8. The molecule has 0 aromatic heterocycles. The van der Waals surface area contributed by atoms with Gasteiger partial charge in [-0.2, -0.15) is 11.8 Å². The van der Waals surface area contributed by atoms with E-state index >= 15 is 0 Å². The smallest absolute Gasteiger partial charge is 0.251 e. The van der Waals surface area contributed by atoms with E-state index in [1.165, 1.54) is 5.56 Å². The zero-order valence-corrected chi connectivity index (χ0v) is 15.2. The fourth-order valence-corrected chi connectivity index (χ4v) is 2.71. The van der Waals surface area contributed by atoms with Crippen LogP contribution in [0, 0.1) is 0 Å². The molecule has 0 aliphatic rings. The van der Waals surface area contributed by atoms with Crippen LogP contribution in [-0.2, 0) is 17.1 Å². The SMILES string of the molecule is COc1ccc(CNC(=O)CNC(=O)c2ccc(CSC)cc2)cc1. The van der Waals surface area contributed by atoms with Gasteiger partial charge in [-0.1, -0.05) is 24.3 Å². The minimum atomic E-state index is -0.254. The van der Waals surface area contributed by atoms with Crippen LogP contribution >= 0.6 is 11.8 Å². The summed E-state index contributed by atoms with van der Waals surface area (Å²) in [7, 11) is 1.61. The number of methoxy groups -OCH3 is 1. The van der Waals surface area contributed by atoms with Crippen LogP contribution < -0.4 is 15.4 Å². The van der Waals surface area contributed by atoms with E-state index in [0.717, 1.165) is 17.1 Å². The van der Waals surface area contributed by atoms with Crippen molar-refractivity contribution in [1.82, 2.24) is 10.6 Å². The molecule has 0 saturated heterocycles. The molecule has 0 aliphatic carbocycles. The summed E-state index contributed by atoms with van der Waals surface area (Å²) in [4.78, 5) is 23.9. The molecule has 0 saturated carbocycles. The number of hydrogen-bond donors (Lipinski definition) is 2. The molecule has 25 heavy (non-hydrogen) atoms. The largest absolute Gasteiger partial charge is 0.497 e. The number of thioether (sulfide) groups is 1. The van der Waals surface area contributed by atoms with Gasteiger partial charge < -0.3 is 15.4 Å². The average Bonchev–Trinajstić information content (AvgIpc) is 2.65. The summed E-state index contributed by atoms with van der Waals surface area (Å²) in [5.74, 6) is 1.19. The minimum Gasteiger partial charge on any atom is -0.497 e. The number of carbonyl (C=O) groups excluding carboxylic acids is 2. The van der Waals surface area contributed by atoms with E-state index in [4.69, 9.17) is 4.74 Å². The molecule has 0 fully saturated rings. The van der Waals surface area contributed by atoms with Crippen LogP contribution in [0.2, 0.25) is 0 Å². The Morgan fingerprint density at radius 3 is 2.20 bits per heavy atom. The molecule has 2 amide bonds. The molecule has 0 aliphatic heterocycles. The quantitative estimate of drug-likeness (QED) is 0.761. The fourth-order valence-electron chi connectivity index (χ4n) is 2.19. The number of ether oxygens (including phenoxy) is 1. The lowest BCUT2D eigenvalue weighted by atomic mass is 10.1. The summed E-state index contributed by atoms with van der Waals surface area (Å²) in [6, 6.07) is 14.8. The van der Waals surface area contributed by atoms with Crippen LogP contribution in [0.1, 0.15) is 21.5 Å². The predicted octanol–water partition coefficient (Wildman–Crippen LogP) is 2.60. The van der Waals surface area contributed by atoms with Crippen LogP contribution in [0.5, 0.6) is 5.75 Å². The molecule has 0 spiro atoms. The Balaban J connectivity index is 1.75. The summed E-state index contributed by atoms with van der Waals surface area (Å²) in [6.07, 6.45) is 2.03. The van der Waals surface area contributed by atoms with Gasteiger partial charge in [-0.05, 0) is 41.6 Å². The second-order valence-electron chi connectivity index (χ2n) is 5.44. The molecule has 2 rings (SSSR count). The molecule has 0 bridgehead atoms. The molecule has 0 heterocycles. The lowest BCUT2D eigenvalue weighted by Crippen LogP contribution is -2.36. The molecule has 2 aromatic carbocycles. The van der Waals surface area contributed by atoms with Gasteiger partial charge in [-0.3, -0.25) is 9.59 Å². The van der Waals surface area contributed by atoms with Crippen molar-refractivity contribution < 1.29 is 14.3 Å². The summed E-state index contributed by atoms with van der Waals surface area (Å²) in [5, 5.41) is 5.40. The Bertz CT molecular complexity index is 700. The highest BCUT2D eigenvalue weighted by molar-refractivity contribution is 7.97. The molecule has 0 radical (unpaired) electrons. The Labute approximate surface area is 152 Å². The number of carbonyl (C=O) groups is 2. The topological polar surface area (TPSA) is 67.4 Å². The van der Waals surface area contributed by atoms with Gasteiger partial charge in [-0.25, -0.2) is 0 Å².